The second-order valence-corrected chi connectivity index (χ2v) is 13.3. The van der Waals surface area contributed by atoms with E-state index in [-0.39, 0.29) is 40.9 Å². The third-order valence-corrected chi connectivity index (χ3v) is 10.4. The molecular weight excluding hydrogens is 468 g/mol. The molecule has 4 aliphatic carbocycles. The number of carbonyl (C=O) groups excluding carboxylic acids is 3. The van der Waals surface area contributed by atoms with Crippen LogP contribution in [0.1, 0.15) is 93.4 Å². The molecular formula is C31H46O6. The second-order valence-electron chi connectivity index (χ2n) is 13.3. The molecule has 0 radical (unpaired) electrons. The summed E-state index contributed by atoms with van der Waals surface area (Å²) in [4.78, 5) is 36.9. The van der Waals surface area contributed by atoms with E-state index in [4.69, 9.17) is 9.47 Å². The molecule has 6 nitrogen and oxygen atoms in total. The Labute approximate surface area is 222 Å². The number of ketones is 1. The summed E-state index contributed by atoms with van der Waals surface area (Å²) in [6.07, 6.45) is 10.3. The van der Waals surface area contributed by atoms with Crippen molar-refractivity contribution in [2.45, 2.75) is 111 Å². The summed E-state index contributed by atoms with van der Waals surface area (Å²) in [6, 6.07) is 0. The van der Waals surface area contributed by atoms with Crippen molar-refractivity contribution >= 4 is 17.7 Å². The van der Waals surface area contributed by atoms with Crippen LogP contribution in [0.3, 0.4) is 0 Å². The predicted molar refractivity (Wildman–Crippen MR) is 141 cm³/mol. The fourth-order valence-corrected chi connectivity index (χ4v) is 8.94. The molecule has 1 N–H and O–H groups in total. The van der Waals surface area contributed by atoms with E-state index in [1.54, 1.807) is 12.2 Å². The SMILES string of the molecule is CC(=O)O[C@H]1CC2C3CCC4=CC(=O)C=C[C@]4(C)C3C[C@@H](OC(C)=O)[C@]2(C)[C@H]1[C@@](C)(O)CCCC(C)C. The molecule has 3 saturated carbocycles. The van der Waals surface area contributed by atoms with Crippen molar-refractivity contribution < 1.29 is 29.0 Å². The first-order valence-corrected chi connectivity index (χ1v) is 14.2. The van der Waals surface area contributed by atoms with Crippen LogP contribution in [-0.2, 0) is 23.9 Å². The molecule has 0 aromatic rings. The van der Waals surface area contributed by atoms with Crippen molar-refractivity contribution in [3.63, 3.8) is 0 Å². The van der Waals surface area contributed by atoms with E-state index in [1.807, 2.05) is 6.92 Å². The maximum atomic E-state index is 12.4. The van der Waals surface area contributed by atoms with E-state index in [9.17, 15) is 19.5 Å². The number of carbonyl (C=O) groups is 3. The maximum absolute atomic E-state index is 12.4. The molecule has 0 bridgehead atoms. The summed E-state index contributed by atoms with van der Waals surface area (Å²) in [5.41, 5.74) is -0.728. The van der Waals surface area contributed by atoms with Gasteiger partial charge in [0, 0.05) is 30.6 Å². The van der Waals surface area contributed by atoms with E-state index < -0.39 is 23.2 Å². The highest BCUT2D eigenvalue weighted by Crippen LogP contribution is 2.68. The normalized spacial score (nSPS) is 40.2. The summed E-state index contributed by atoms with van der Waals surface area (Å²) in [5, 5.41) is 12.0. The quantitative estimate of drug-likeness (QED) is 0.447. The summed E-state index contributed by atoms with van der Waals surface area (Å²) in [6.45, 7) is 13.5. The van der Waals surface area contributed by atoms with Gasteiger partial charge < -0.3 is 14.6 Å². The van der Waals surface area contributed by atoms with Crippen molar-refractivity contribution in [2.75, 3.05) is 0 Å². The minimum atomic E-state index is -1.08. The van der Waals surface area contributed by atoms with Gasteiger partial charge in [0.1, 0.15) is 12.2 Å². The van der Waals surface area contributed by atoms with Gasteiger partial charge >= 0.3 is 11.9 Å². The van der Waals surface area contributed by atoms with E-state index in [2.05, 4.69) is 33.8 Å². The Balaban J connectivity index is 1.77. The topological polar surface area (TPSA) is 89.9 Å². The Morgan fingerprint density at radius 3 is 2.43 bits per heavy atom. The fourth-order valence-electron chi connectivity index (χ4n) is 8.94. The van der Waals surface area contributed by atoms with Gasteiger partial charge in [0.15, 0.2) is 5.78 Å². The van der Waals surface area contributed by atoms with Gasteiger partial charge in [-0.1, -0.05) is 52.2 Å². The van der Waals surface area contributed by atoms with E-state index in [0.717, 1.165) is 31.3 Å². The lowest BCUT2D eigenvalue weighted by atomic mass is 9.46. The predicted octanol–water partition coefficient (Wildman–Crippen LogP) is 5.57. The lowest BCUT2D eigenvalue weighted by molar-refractivity contribution is -0.199. The van der Waals surface area contributed by atoms with Crippen LogP contribution in [0.4, 0.5) is 0 Å². The average molecular weight is 515 g/mol. The van der Waals surface area contributed by atoms with Crippen molar-refractivity contribution in [1.82, 2.24) is 0 Å². The molecule has 0 spiro atoms. The van der Waals surface area contributed by atoms with E-state index in [1.165, 1.54) is 13.8 Å². The smallest absolute Gasteiger partial charge is 0.302 e. The summed E-state index contributed by atoms with van der Waals surface area (Å²) < 4.78 is 12.1. The Kier molecular flexibility index (Phi) is 7.57. The van der Waals surface area contributed by atoms with Crippen LogP contribution in [0.2, 0.25) is 0 Å². The number of allylic oxidation sites excluding steroid dienone is 4. The molecule has 3 unspecified atom stereocenters. The number of esters is 2. The van der Waals surface area contributed by atoms with E-state index in [0.29, 0.717) is 31.1 Å². The van der Waals surface area contributed by atoms with Crippen LogP contribution in [0, 0.1) is 40.4 Å². The minimum Gasteiger partial charge on any atom is -0.462 e. The zero-order valence-corrected chi connectivity index (χ0v) is 23.7. The number of ether oxygens (including phenoxy) is 2. The van der Waals surface area contributed by atoms with Gasteiger partial charge in [0.05, 0.1) is 5.60 Å². The monoisotopic (exact) mass is 514 g/mol. The van der Waals surface area contributed by atoms with Gasteiger partial charge in [0.2, 0.25) is 0 Å². The van der Waals surface area contributed by atoms with Crippen molar-refractivity contribution in [2.24, 2.45) is 40.4 Å². The largest absolute Gasteiger partial charge is 0.462 e. The fraction of sp³-hybridized carbons (Fsp3) is 0.774. The van der Waals surface area contributed by atoms with Crippen LogP contribution in [0.15, 0.2) is 23.8 Å². The highest BCUT2D eigenvalue weighted by molar-refractivity contribution is 6.01. The molecule has 4 aliphatic rings. The molecule has 9 atom stereocenters. The Hall–Kier alpha value is -1.95. The number of fused-ring (bicyclic) bond motifs is 5. The zero-order valence-electron chi connectivity index (χ0n) is 23.7. The lowest BCUT2D eigenvalue weighted by Gasteiger charge is -2.60. The second kappa shape index (κ2) is 9.98. The first-order chi connectivity index (χ1) is 17.2. The van der Waals surface area contributed by atoms with Gasteiger partial charge in [-0.25, -0.2) is 0 Å². The molecule has 206 valence electrons. The minimum absolute atomic E-state index is 0.0383. The number of rotatable bonds is 7. The summed E-state index contributed by atoms with van der Waals surface area (Å²) >= 11 is 0. The first kappa shape index (κ1) is 28.1. The molecule has 0 saturated heterocycles. The highest BCUT2D eigenvalue weighted by Gasteiger charge is 2.69. The third-order valence-electron chi connectivity index (χ3n) is 10.4. The first-order valence-electron chi connectivity index (χ1n) is 14.2. The summed E-state index contributed by atoms with van der Waals surface area (Å²) in [7, 11) is 0. The number of hydrogen-bond acceptors (Lipinski definition) is 6. The molecule has 6 heteroatoms. The molecule has 0 aliphatic heterocycles. The summed E-state index contributed by atoms with van der Waals surface area (Å²) in [5.74, 6) is 0.182. The lowest BCUT2D eigenvalue weighted by Crippen LogP contribution is -2.60. The average Bonchev–Trinajstić information content (AvgIpc) is 3.07. The van der Waals surface area contributed by atoms with E-state index >= 15 is 0 Å². The number of hydrogen-bond donors (Lipinski definition) is 1. The molecule has 0 aromatic heterocycles. The molecule has 0 aromatic carbocycles. The van der Waals surface area contributed by atoms with Gasteiger partial charge in [-0.2, -0.15) is 0 Å². The number of aliphatic hydroxyl groups is 1. The standard InChI is InChI=1S/C31H46O6/c1-18(2)9-8-13-30(6,35)28-26(36-19(3)32)16-25-23-11-10-21-15-22(34)12-14-29(21,5)24(23)17-27(31(25,28)7)37-20(4)33/h12,14-15,18,23-28,35H,8-11,13,16-17H2,1-7H3/t23?,24?,25?,26-,27+,28+,29-,30-,31+/m0/s1. The molecule has 0 heterocycles. The Morgan fingerprint density at radius 2 is 1.81 bits per heavy atom. The van der Waals surface area contributed by atoms with Crippen LogP contribution in [0.5, 0.6) is 0 Å². The highest BCUT2D eigenvalue weighted by atomic mass is 16.6. The third kappa shape index (κ3) is 4.95. The Morgan fingerprint density at radius 1 is 1.14 bits per heavy atom. The maximum Gasteiger partial charge on any atom is 0.302 e. The van der Waals surface area contributed by atoms with Crippen LogP contribution < -0.4 is 0 Å². The van der Waals surface area contributed by atoms with Gasteiger partial charge in [0.25, 0.3) is 0 Å². The van der Waals surface area contributed by atoms with Gasteiger partial charge in [-0.05, 0) is 74.9 Å². The molecule has 37 heavy (non-hydrogen) atoms. The van der Waals surface area contributed by atoms with Crippen molar-refractivity contribution in [3.05, 3.63) is 23.8 Å². The zero-order chi connectivity index (χ0) is 27.3. The molecule has 0 amide bonds. The molecule has 4 rings (SSSR count). The Bertz CT molecular complexity index is 992. The van der Waals surface area contributed by atoms with Gasteiger partial charge in [-0.3, -0.25) is 14.4 Å². The van der Waals surface area contributed by atoms with Crippen LogP contribution in [-0.4, -0.2) is 40.6 Å². The van der Waals surface area contributed by atoms with Crippen molar-refractivity contribution in [3.8, 4) is 0 Å². The van der Waals surface area contributed by atoms with Crippen LogP contribution in [0.25, 0.3) is 0 Å². The van der Waals surface area contributed by atoms with Crippen molar-refractivity contribution in [1.29, 1.82) is 0 Å². The van der Waals surface area contributed by atoms with Gasteiger partial charge in [-0.15, -0.1) is 0 Å². The van der Waals surface area contributed by atoms with Crippen LogP contribution >= 0.6 is 0 Å². The molecule has 3 fully saturated rings.